The first-order valence-electron chi connectivity index (χ1n) is 5.26. The minimum atomic E-state index is 0.539. The summed E-state index contributed by atoms with van der Waals surface area (Å²) in [6, 6.07) is 0. The van der Waals surface area contributed by atoms with Gasteiger partial charge >= 0.3 is 0 Å². The molecule has 1 aromatic rings. The number of rotatable bonds is 4. The molecule has 0 saturated carbocycles. The standard InChI is InChI=1S/C11H20N2/c1-5-7-10-9(6-2)11(8(3)4)13-12-10/h8H,5-7H2,1-4H3,(H,12,13). The summed E-state index contributed by atoms with van der Waals surface area (Å²) in [4.78, 5) is 0. The monoisotopic (exact) mass is 180 g/mol. The van der Waals surface area contributed by atoms with Crippen molar-refractivity contribution in [3.63, 3.8) is 0 Å². The minimum Gasteiger partial charge on any atom is -0.282 e. The van der Waals surface area contributed by atoms with Gasteiger partial charge in [-0.15, -0.1) is 0 Å². The Kier molecular flexibility index (Phi) is 3.52. The highest BCUT2D eigenvalue weighted by Crippen LogP contribution is 2.21. The number of aromatic amines is 1. The summed E-state index contributed by atoms with van der Waals surface area (Å²) in [5.74, 6) is 0.539. The quantitative estimate of drug-likeness (QED) is 0.758. The summed E-state index contributed by atoms with van der Waals surface area (Å²) >= 11 is 0. The van der Waals surface area contributed by atoms with Gasteiger partial charge in [0.1, 0.15) is 0 Å². The van der Waals surface area contributed by atoms with Gasteiger partial charge in [-0.05, 0) is 24.3 Å². The number of H-pyrrole nitrogens is 1. The van der Waals surface area contributed by atoms with Gasteiger partial charge in [-0.3, -0.25) is 5.10 Å². The third kappa shape index (κ3) is 2.11. The smallest absolute Gasteiger partial charge is 0.0682 e. The van der Waals surface area contributed by atoms with E-state index in [-0.39, 0.29) is 0 Å². The Balaban J connectivity index is 2.96. The van der Waals surface area contributed by atoms with Crippen LogP contribution in [0.25, 0.3) is 0 Å². The predicted octanol–water partition coefficient (Wildman–Crippen LogP) is 3.05. The Morgan fingerprint density at radius 1 is 1.31 bits per heavy atom. The van der Waals surface area contributed by atoms with Gasteiger partial charge in [-0.2, -0.15) is 5.10 Å². The third-order valence-corrected chi connectivity index (χ3v) is 2.39. The van der Waals surface area contributed by atoms with E-state index < -0.39 is 0 Å². The van der Waals surface area contributed by atoms with Crippen LogP contribution in [0.4, 0.5) is 0 Å². The van der Waals surface area contributed by atoms with Crippen LogP contribution >= 0.6 is 0 Å². The van der Waals surface area contributed by atoms with Gasteiger partial charge in [0.05, 0.1) is 5.69 Å². The average Bonchev–Trinajstić information content (AvgIpc) is 2.48. The predicted molar refractivity (Wildman–Crippen MR) is 56.0 cm³/mol. The second-order valence-electron chi connectivity index (χ2n) is 3.82. The largest absolute Gasteiger partial charge is 0.282 e. The average molecular weight is 180 g/mol. The SMILES string of the molecule is CCCc1[nH]nc(C(C)C)c1CC. The minimum absolute atomic E-state index is 0.539. The highest BCUT2D eigenvalue weighted by atomic mass is 15.1. The summed E-state index contributed by atoms with van der Waals surface area (Å²) in [7, 11) is 0. The Hall–Kier alpha value is -0.790. The summed E-state index contributed by atoms with van der Waals surface area (Å²) in [5.41, 5.74) is 4.04. The van der Waals surface area contributed by atoms with Gasteiger partial charge in [0.2, 0.25) is 0 Å². The third-order valence-electron chi connectivity index (χ3n) is 2.39. The molecule has 1 aromatic heterocycles. The van der Waals surface area contributed by atoms with Crippen molar-refractivity contribution in [1.29, 1.82) is 0 Å². The van der Waals surface area contributed by atoms with Crippen LogP contribution in [-0.2, 0) is 12.8 Å². The summed E-state index contributed by atoms with van der Waals surface area (Å²) in [6.07, 6.45) is 3.41. The molecule has 0 aliphatic heterocycles. The van der Waals surface area contributed by atoms with E-state index in [2.05, 4.69) is 37.9 Å². The van der Waals surface area contributed by atoms with Crippen molar-refractivity contribution < 1.29 is 0 Å². The van der Waals surface area contributed by atoms with Crippen LogP contribution in [0.2, 0.25) is 0 Å². The maximum atomic E-state index is 4.38. The molecule has 74 valence electrons. The molecular formula is C11H20N2. The lowest BCUT2D eigenvalue weighted by Gasteiger charge is -2.04. The first-order chi connectivity index (χ1) is 6.20. The summed E-state index contributed by atoms with van der Waals surface area (Å²) < 4.78 is 0. The first kappa shape index (κ1) is 10.3. The van der Waals surface area contributed by atoms with Gasteiger partial charge in [-0.1, -0.05) is 34.1 Å². The van der Waals surface area contributed by atoms with E-state index >= 15 is 0 Å². The van der Waals surface area contributed by atoms with E-state index in [1.54, 1.807) is 0 Å². The van der Waals surface area contributed by atoms with E-state index in [4.69, 9.17) is 0 Å². The van der Waals surface area contributed by atoms with E-state index in [0.29, 0.717) is 5.92 Å². The Morgan fingerprint density at radius 2 is 2.00 bits per heavy atom. The van der Waals surface area contributed by atoms with Gasteiger partial charge in [0.25, 0.3) is 0 Å². The van der Waals surface area contributed by atoms with E-state index in [9.17, 15) is 0 Å². The molecule has 0 saturated heterocycles. The second-order valence-corrected chi connectivity index (χ2v) is 3.82. The lowest BCUT2D eigenvalue weighted by Crippen LogP contribution is -1.95. The van der Waals surface area contributed by atoms with Crippen LogP contribution in [0.5, 0.6) is 0 Å². The zero-order chi connectivity index (χ0) is 9.84. The van der Waals surface area contributed by atoms with Crippen LogP contribution in [0.15, 0.2) is 0 Å². The van der Waals surface area contributed by atoms with Crippen LogP contribution in [0.3, 0.4) is 0 Å². The number of nitrogens with one attached hydrogen (secondary N) is 1. The lowest BCUT2D eigenvalue weighted by atomic mass is 10.0. The fourth-order valence-electron chi connectivity index (χ4n) is 1.75. The molecule has 1 heterocycles. The molecule has 0 aliphatic rings. The molecule has 0 atom stereocenters. The molecule has 2 heteroatoms. The van der Waals surface area contributed by atoms with Crippen molar-refractivity contribution >= 4 is 0 Å². The number of hydrogen-bond donors (Lipinski definition) is 1. The Bertz CT molecular complexity index is 261. The molecule has 13 heavy (non-hydrogen) atoms. The van der Waals surface area contributed by atoms with Crippen molar-refractivity contribution in [2.75, 3.05) is 0 Å². The van der Waals surface area contributed by atoms with Crippen LogP contribution in [0.1, 0.15) is 57.0 Å². The number of aryl methyl sites for hydroxylation is 1. The number of hydrogen-bond acceptors (Lipinski definition) is 1. The van der Waals surface area contributed by atoms with Gasteiger partial charge in [-0.25, -0.2) is 0 Å². The number of nitrogens with zero attached hydrogens (tertiary/aromatic N) is 1. The topological polar surface area (TPSA) is 28.7 Å². The Labute approximate surface area is 80.7 Å². The molecule has 1 N–H and O–H groups in total. The maximum Gasteiger partial charge on any atom is 0.0682 e. The summed E-state index contributed by atoms with van der Waals surface area (Å²) in [6.45, 7) is 8.81. The van der Waals surface area contributed by atoms with E-state index in [1.807, 2.05) is 0 Å². The highest BCUT2D eigenvalue weighted by molar-refractivity contribution is 5.27. The fourth-order valence-corrected chi connectivity index (χ4v) is 1.75. The molecule has 1 rings (SSSR count). The molecule has 0 aliphatic carbocycles. The molecule has 2 nitrogen and oxygen atoms in total. The van der Waals surface area contributed by atoms with E-state index in [1.165, 1.54) is 23.4 Å². The van der Waals surface area contributed by atoms with Crippen molar-refractivity contribution in [3.05, 3.63) is 17.0 Å². The van der Waals surface area contributed by atoms with Crippen molar-refractivity contribution in [3.8, 4) is 0 Å². The van der Waals surface area contributed by atoms with Crippen molar-refractivity contribution in [1.82, 2.24) is 10.2 Å². The van der Waals surface area contributed by atoms with Gasteiger partial charge in [0.15, 0.2) is 0 Å². The van der Waals surface area contributed by atoms with Gasteiger partial charge in [0, 0.05) is 5.69 Å². The molecule has 0 fully saturated rings. The zero-order valence-corrected chi connectivity index (χ0v) is 9.15. The van der Waals surface area contributed by atoms with E-state index in [0.717, 1.165) is 12.8 Å². The second kappa shape index (κ2) is 4.45. The van der Waals surface area contributed by atoms with Gasteiger partial charge < -0.3 is 0 Å². The normalized spacial score (nSPS) is 11.2. The van der Waals surface area contributed by atoms with Crippen LogP contribution in [0, 0.1) is 0 Å². The number of aromatic nitrogens is 2. The lowest BCUT2D eigenvalue weighted by molar-refractivity contribution is 0.796. The van der Waals surface area contributed by atoms with Crippen molar-refractivity contribution in [2.45, 2.75) is 52.9 Å². The van der Waals surface area contributed by atoms with Crippen LogP contribution in [-0.4, -0.2) is 10.2 Å². The molecule has 0 spiro atoms. The molecule has 0 aromatic carbocycles. The molecular weight excluding hydrogens is 160 g/mol. The molecule has 0 amide bonds. The van der Waals surface area contributed by atoms with Crippen molar-refractivity contribution in [2.24, 2.45) is 0 Å². The highest BCUT2D eigenvalue weighted by Gasteiger charge is 2.12. The Morgan fingerprint density at radius 3 is 2.46 bits per heavy atom. The molecule has 0 unspecified atom stereocenters. The van der Waals surface area contributed by atoms with Crippen LogP contribution < -0.4 is 0 Å². The molecule has 0 bridgehead atoms. The fraction of sp³-hybridized carbons (Fsp3) is 0.727. The maximum absolute atomic E-state index is 4.38. The molecule has 0 radical (unpaired) electrons. The summed E-state index contributed by atoms with van der Waals surface area (Å²) in [5, 5.41) is 7.54. The zero-order valence-electron chi connectivity index (χ0n) is 9.15. The first-order valence-corrected chi connectivity index (χ1v) is 5.26.